The molecule has 0 N–H and O–H groups in total. The van der Waals surface area contributed by atoms with Crippen LogP contribution in [-0.2, 0) is 4.79 Å². The first-order valence-electron chi connectivity index (χ1n) is 6.17. The summed E-state index contributed by atoms with van der Waals surface area (Å²) in [4.78, 5) is 11.9. The van der Waals surface area contributed by atoms with Gasteiger partial charge in [0.05, 0.1) is 0 Å². The molecule has 0 heterocycles. The molecular formula is C14H22O. The molecule has 0 aliphatic heterocycles. The number of Topliss-reactive ketones (excluding diaryl/α,β-unsaturated/α-hetero) is 1. The molecule has 2 aliphatic rings. The van der Waals surface area contributed by atoms with Crippen molar-refractivity contribution in [3.63, 3.8) is 0 Å². The van der Waals surface area contributed by atoms with E-state index in [1.807, 2.05) is 6.08 Å². The van der Waals surface area contributed by atoms with Crippen LogP contribution < -0.4 is 0 Å². The smallest absolute Gasteiger partial charge is 0.136 e. The van der Waals surface area contributed by atoms with E-state index in [0.717, 1.165) is 19.3 Å². The van der Waals surface area contributed by atoms with Crippen LogP contribution in [0, 0.1) is 23.2 Å². The third kappa shape index (κ3) is 2.02. The minimum absolute atomic E-state index is 0.356. The topological polar surface area (TPSA) is 17.1 Å². The van der Waals surface area contributed by atoms with Crippen LogP contribution in [0.3, 0.4) is 0 Å². The fourth-order valence-electron chi connectivity index (χ4n) is 3.76. The molecule has 0 saturated heterocycles. The lowest BCUT2D eigenvalue weighted by molar-refractivity contribution is -0.121. The van der Waals surface area contributed by atoms with E-state index in [4.69, 9.17) is 0 Å². The number of hydrogen-bond acceptors (Lipinski definition) is 1. The number of carbonyl (C=O) groups is 1. The summed E-state index contributed by atoms with van der Waals surface area (Å²) in [7, 11) is 0. The summed E-state index contributed by atoms with van der Waals surface area (Å²) in [6, 6.07) is 0. The van der Waals surface area contributed by atoms with Gasteiger partial charge in [0.1, 0.15) is 5.78 Å². The van der Waals surface area contributed by atoms with Crippen molar-refractivity contribution in [1.29, 1.82) is 0 Å². The number of hydrogen-bond donors (Lipinski definition) is 0. The molecule has 1 nitrogen and oxygen atoms in total. The Morgan fingerprint density at radius 1 is 1.47 bits per heavy atom. The standard InChI is InChI=1S/C14H22O/c1-4-5-6-11-12-9-14(2,3)8-10(12)7-13(11)15/h4,10-12H,1,5-9H2,2-3H3/t10-,11+,12?/m1/s1. The van der Waals surface area contributed by atoms with E-state index in [2.05, 4.69) is 20.4 Å². The second kappa shape index (κ2) is 3.77. The quantitative estimate of drug-likeness (QED) is 0.645. The van der Waals surface area contributed by atoms with Crippen molar-refractivity contribution < 1.29 is 4.79 Å². The molecule has 1 unspecified atom stereocenters. The van der Waals surface area contributed by atoms with Crippen LogP contribution in [-0.4, -0.2) is 5.78 Å². The molecule has 0 aromatic carbocycles. The average molecular weight is 206 g/mol. The summed E-state index contributed by atoms with van der Waals surface area (Å²) in [6.07, 6.45) is 7.36. The molecule has 1 heteroatoms. The first-order valence-corrected chi connectivity index (χ1v) is 6.17. The van der Waals surface area contributed by atoms with Gasteiger partial charge in [-0.2, -0.15) is 0 Å². The van der Waals surface area contributed by atoms with Gasteiger partial charge in [0.25, 0.3) is 0 Å². The lowest BCUT2D eigenvalue weighted by Gasteiger charge is -2.20. The van der Waals surface area contributed by atoms with Gasteiger partial charge in [0, 0.05) is 12.3 Å². The lowest BCUT2D eigenvalue weighted by Crippen LogP contribution is -2.17. The largest absolute Gasteiger partial charge is 0.299 e. The Hall–Kier alpha value is -0.590. The summed E-state index contributed by atoms with van der Waals surface area (Å²) in [5.74, 6) is 2.27. The molecule has 84 valence electrons. The highest BCUT2D eigenvalue weighted by Gasteiger charge is 2.49. The van der Waals surface area contributed by atoms with Crippen molar-refractivity contribution in [3.8, 4) is 0 Å². The number of ketones is 1. The minimum Gasteiger partial charge on any atom is -0.299 e. The van der Waals surface area contributed by atoms with Crippen molar-refractivity contribution in [3.05, 3.63) is 12.7 Å². The molecule has 2 fully saturated rings. The van der Waals surface area contributed by atoms with Gasteiger partial charge < -0.3 is 0 Å². The predicted octanol–water partition coefficient (Wildman–Crippen LogP) is 3.59. The van der Waals surface area contributed by atoms with E-state index < -0.39 is 0 Å². The van der Waals surface area contributed by atoms with Crippen LogP contribution >= 0.6 is 0 Å². The molecule has 2 saturated carbocycles. The molecule has 15 heavy (non-hydrogen) atoms. The minimum atomic E-state index is 0.356. The summed E-state index contributed by atoms with van der Waals surface area (Å²) in [5.41, 5.74) is 0.475. The van der Waals surface area contributed by atoms with Crippen molar-refractivity contribution >= 4 is 5.78 Å². The van der Waals surface area contributed by atoms with Gasteiger partial charge in [0.15, 0.2) is 0 Å². The van der Waals surface area contributed by atoms with E-state index in [1.54, 1.807) is 0 Å². The molecule has 0 bridgehead atoms. The molecule has 0 aromatic rings. The van der Waals surface area contributed by atoms with Crippen LogP contribution in [0.1, 0.15) is 46.0 Å². The SMILES string of the molecule is C=CCC[C@@H]1C(=O)C[C@@H]2CC(C)(C)CC21. The normalized spacial score (nSPS) is 38.0. The van der Waals surface area contributed by atoms with Gasteiger partial charge in [-0.3, -0.25) is 4.79 Å². The average Bonchev–Trinajstić information content (AvgIpc) is 2.54. The van der Waals surface area contributed by atoms with Crippen LogP contribution in [0.5, 0.6) is 0 Å². The number of allylic oxidation sites excluding steroid dienone is 1. The number of carbonyl (C=O) groups excluding carboxylic acids is 1. The third-order valence-electron chi connectivity index (χ3n) is 4.28. The van der Waals surface area contributed by atoms with Crippen LogP contribution in [0.15, 0.2) is 12.7 Å². The summed E-state index contributed by atoms with van der Waals surface area (Å²) in [5, 5.41) is 0. The summed E-state index contributed by atoms with van der Waals surface area (Å²) in [6.45, 7) is 8.44. The summed E-state index contributed by atoms with van der Waals surface area (Å²) < 4.78 is 0. The zero-order valence-corrected chi connectivity index (χ0v) is 9.96. The second-order valence-electron chi connectivity index (χ2n) is 6.14. The molecule has 2 rings (SSSR count). The predicted molar refractivity (Wildman–Crippen MR) is 62.5 cm³/mol. The van der Waals surface area contributed by atoms with E-state index in [9.17, 15) is 4.79 Å². The Balaban J connectivity index is 2.05. The zero-order chi connectivity index (χ0) is 11.1. The first kappa shape index (κ1) is 10.9. The van der Waals surface area contributed by atoms with Crippen molar-refractivity contribution in [2.24, 2.45) is 23.2 Å². The monoisotopic (exact) mass is 206 g/mol. The maximum absolute atomic E-state index is 11.9. The Labute approximate surface area is 92.9 Å². The molecule has 0 spiro atoms. The zero-order valence-electron chi connectivity index (χ0n) is 9.96. The maximum atomic E-state index is 11.9. The van der Waals surface area contributed by atoms with Crippen LogP contribution in [0.4, 0.5) is 0 Å². The Morgan fingerprint density at radius 2 is 2.20 bits per heavy atom. The Bertz CT molecular complexity index is 277. The number of fused-ring (bicyclic) bond motifs is 1. The maximum Gasteiger partial charge on any atom is 0.136 e. The fraction of sp³-hybridized carbons (Fsp3) is 0.786. The van der Waals surface area contributed by atoms with Gasteiger partial charge in [-0.05, 0) is 42.9 Å². The molecular weight excluding hydrogens is 184 g/mol. The molecule has 0 radical (unpaired) electrons. The molecule has 0 amide bonds. The summed E-state index contributed by atoms with van der Waals surface area (Å²) >= 11 is 0. The Morgan fingerprint density at radius 3 is 2.87 bits per heavy atom. The van der Waals surface area contributed by atoms with E-state index in [0.29, 0.717) is 29.0 Å². The number of rotatable bonds is 3. The Kier molecular flexibility index (Phi) is 2.74. The van der Waals surface area contributed by atoms with E-state index in [-0.39, 0.29) is 0 Å². The van der Waals surface area contributed by atoms with Crippen LogP contribution in [0.2, 0.25) is 0 Å². The molecule has 2 aliphatic carbocycles. The van der Waals surface area contributed by atoms with E-state index >= 15 is 0 Å². The van der Waals surface area contributed by atoms with Gasteiger partial charge in [-0.25, -0.2) is 0 Å². The second-order valence-corrected chi connectivity index (χ2v) is 6.14. The lowest BCUT2D eigenvalue weighted by atomic mass is 9.84. The highest BCUT2D eigenvalue weighted by atomic mass is 16.1. The highest BCUT2D eigenvalue weighted by molar-refractivity contribution is 5.84. The van der Waals surface area contributed by atoms with Gasteiger partial charge in [0.2, 0.25) is 0 Å². The molecule has 3 atom stereocenters. The van der Waals surface area contributed by atoms with Crippen molar-refractivity contribution in [2.75, 3.05) is 0 Å². The van der Waals surface area contributed by atoms with Crippen LogP contribution in [0.25, 0.3) is 0 Å². The van der Waals surface area contributed by atoms with Gasteiger partial charge >= 0.3 is 0 Å². The highest BCUT2D eigenvalue weighted by Crippen LogP contribution is 2.54. The first-order chi connectivity index (χ1) is 7.03. The van der Waals surface area contributed by atoms with Gasteiger partial charge in [-0.1, -0.05) is 19.9 Å². The third-order valence-corrected chi connectivity index (χ3v) is 4.28. The molecule has 0 aromatic heterocycles. The van der Waals surface area contributed by atoms with Crippen molar-refractivity contribution in [1.82, 2.24) is 0 Å². The van der Waals surface area contributed by atoms with Crippen molar-refractivity contribution in [2.45, 2.75) is 46.0 Å². The van der Waals surface area contributed by atoms with Gasteiger partial charge in [-0.15, -0.1) is 6.58 Å². The van der Waals surface area contributed by atoms with E-state index in [1.165, 1.54) is 12.8 Å². The fourth-order valence-corrected chi connectivity index (χ4v) is 3.76.